The Morgan fingerprint density at radius 1 is 0.781 bits per heavy atom. The molecule has 0 saturated carbocycles. The number of nitrogens with zero attached hydrogens (tertiary/aromatic N) is 2. The molecule has 1 aliphatic rings. The molecule has 1 unspecified atom stereocenters. The van der Waals surface area contributed by atoms with E-state index in [0.717, 1.165) is 13.0 Å². The number of amides is 1. The summed E-state index contributed by atoms with van der Waals surface area (Å²) in [5.41, 5.74) is 3.42. The van der Waals surface area contributed by atoms with Gasteiger partial charge in [0.25, 0.3) is 0 Å². The SMILES string of the molecule is CCCCCCC(C)(CCC)C1=C(C(C)(CCCC)CCCC)N(C(=O)CN(C)C)CC1. The van der Waals surface area contributed by atoms with E-state index in [1.165, 1.54) is 89.2 Å². The van der Waals surface area contributed by atoms with Crippen LogP contribution in [-0.4, -0.2) is 42.9 Å². The van der Waals surface area contributed by atoms with Gasteiger partial charge in [0, 0.05) is 17.7 Å². The molecule has 1 rings (SSSR count). The first-order valence-corrected chi connectivity index (χ1v) is 13.9. The second-order valence-corrected chi connectivity index (χ2v) is 11.2. The molecular weight excluding hydrogens is 392 g/mol. The summed E-state index contributed by atoms with van der Waals surface area (Å²) in [6.07, 6.45) is 17.4. The Labute approximate surface area is 201 Å². The number of unbranched alkanes of at least 4 members (excludes halogenated alkanes) is 5. The van der Waals surface area contributed by atoms with Gasteiger partial charge in [-0.2, -0.15) is 0 Å². The van der Waals surface area contributed by atoms with Crippen LogP contribution in [0.1, 0.15) is 131 Å². The highest BCUT2D eigenvalue weighted by atomic mass is 16.2. The number of likely N-dealkylation sites (N-methyl/N-ethyl adjacent to an activating group) is 1. The van der Waals surface area contributed by atoms with Crippen LogP contribution in [0.5, 0.6) is 0 Å². The molecule has 0 aromatic heterocycles. The summed E-state index contributed by atoms with van der Waals surface area (Å²) in [7, 11) is 4.03. The molecule has 188 valence electrons. The smallest absolute Gasteiger partial charge is 0.240 e. The summed E-state index contributed by atoms with van der Waals surface area (Å²) in [6, 6.07) is 0. The fraction of sp³-hybridized carbons (Fsp3) is 0.897. The number of carbonyl (C=O) groups is 1. The molecule has 3 heteroatoms. The van der Waals surface area contributed by atoms with Crippen LogP contribution in [0.4, 0.5) is 0 Å². The topological polar surface area (TPSA) is 23.6 Å². The van der Waals surface area contributed by atoms with E-state index in [4.69, 9.17) is 0 Å². The monoisotopic (exact) mass is 448 g/mol. The zero-order chi connectivity index (χ0) is 24.2. The van der Waals surface area contributed by atoms with Crippen molar-refractivity contribution in [1.29, 1.82) is 0 Å². The fourth-order valence-corrected chi connectivity index (χ4v) is 5.92. The average Bonchev–Trinajstić information content (AvgIpc) is 3.21. The first-order chi connectivity index (χ1) is 15.2. The van der Waals surface area contributed by atoms with Gasteiger partial charge >= 0.3 is 0 Å². The Morgan fingerprint density at radius 2 is 1.34 bits per heavy atom. The molecule has 0 bridgehead atoms. The summed E-state index contributed by atoms with van der Waals surface area (Å²) in [6.45, 7) is 15.6. The van der Waals surface area contributed by atoms with Gasteiger partial charge in [-0.05, 0) is 57.2 Å². The summed E-state index contributed by atoms with van der Waals surface area (Å²) in [5, 5.41) is 0. The Balaban J connectivity index is 3.50. The molecule has 3 nitrogen and oxygen atoms in total. The quantitative estimate of drug-likeness (QED) is 0.209. The zero-order valence-corrected chi connectivity index (χ0v) is 23.1. The predicted octanol–water partition coefficient (Wildman–Crippen LogP) is 8.20. The van der Waals surface area contributed by atoms with Crippen LogP contribution in [0.3, 0.4) is 0 Å². The second-order valence-electron chi connectivity index (χ2n) is 11.2. The maximum Gasteiger partial charge on any atom is 0.240 e. The minimum absolute atomic E-state index is 0.109. The van der Waals surface area contributed by atoms with Crippen LogP contribution in [-0.2, 0) is 4.79 Å². The molecule has 0 aliphatic carbocycles. The van der Waals surface area contributed by atoms with E-state index in [-0.39, 0.29) is 10.8 Å². The molecule has 0 aromatic rings. The van der Waals surface area contributed by atoms with E-state index in [2.05, 4.69) is 46.4 Å². The number of rotatable bonds is 17. The van der Waals surface area contributed by atoms with Crippen LogP contribution in [0.15, 0.2) is 11.3 Å². The molecule has 0 aromatic carbocycles. The molecule has 32 heavy (non-hydrogen) atoms. The van der Waals surface area contributed by atoms with Crippen LogP contribution < -0.4 is 0 Å². The van der Waals surface area contributed by atoms with Crippen molar-refractivity contribution in [1.82, 2.24) is 9.80 Å². The Kier molecular flexibility index (Phi) is 13.2. The van der Waals surface area contributed by atoms with Crippen molar-refractivity contribution in [2.75, 3.05) is 27.2 Å². The highest BCUT2D eigenvalue weighted by Crippen LogP contribution is 2.52. The van der Waals surface area contributed by atoms with Crippen molar-refractivity contribution < 1.29 is 4.79 Å². The predicted molar refractivity (Wildman–Crippen MR) is 141 cm³/mol. The molecule has 0 spiro atoms. The number of allylic oxidation sites excluding steroid dienone is 1. The zero-order valence-electron chi connectivity index (χ0n) is 23.1. The van der Waals surface area contributed by atoms with Gasteiger partial charge in [0.15, 0.2) is 0 Å². The van der Waals surface area contributed by atoms with E-state index < -0.39 is 0 Å². The first-order valence-electron chi connectivity index (χ1n) is 13.9. The van der Waals surface area contributed by atoms with Crippen molar-refractivity contribution in [3.63, 3.8) is 0 Å². The fourth-order valence-electron chi connectivity index (χ4n) is 5.92. The van der Waals surface area contributed by atoms with E-state index >= 15 is 0 Å². The second kappa shape index (κ2) is 14.4. The van der Waals surface area contributed by atoms with Gasteiger partial charge in [0.1, 0.15) is 0 Å². The van der Waals surface area contributed by atoms with Gasteiger partial charge < -0.3 is 9.80 Å². The molecule has 0 N–H and O–H groups in total. The lowest BCUT2D eigenvalue weighted by molar-refractivity contribution is -0.130. The van der Waals surface area contributed by atoms with Gasteiger partial charge in [-0.25, -0.2) is 0 Å². The third-order valence-electron chi connectivity index (χ3n) is 7.74. The molecule has 1 heterocycles. The van der Waals surface area contributed by atoms with Crippen LogP contribution in [0, 0.1) is 10.8 Å². The maximum atomic E-state index is 13.4. The lowest BCUT2D eigenvalue weighted by Crippen LogP contribution is -2.41. The lowest BCUT2D eigenvalue weighted by atomic mass is 9.68. The third-order valence-corrected chi connectivity index (χ3v) is 7.74. The van der Waals surface area contributed by atoms with Gasteiger partial charge in [-0.3, -0.25) is 4.79 Å². The van der Waals surface area contributed by atoms with E-state index in [1.54, 1.807) is 5.57 Å². The number of hydrogen-bond acceptors (Lipinski definition) is 2. The van der Waals surface area contributed by atoms with E-state index in [1.807, 2.05) is 19.0 Å². The summed E-state index contributed by atoms with van der Waals surface area (Å²) in [5.74, 6) is 0.295. The van der Waals surface area contributed by atoms with Crippen molar-refractivity contribution in [3.05, 3.63) is 11.3 Å². The van der Waals surface area contributed by atoms with Gasteiger partial charge in [0.2, 0.25) is 5.91 Å². The van der Waals surface area contributed by atoms with Crippen molar-refractivity contribution in [2.45, 2.75) is 131 Å². The normalized spacial score (nSPS) is 16.8. The molecule has 1 aliphatic heterocycles. The maximum absolute atomic E-state index is 13.4. The third kappa shape index (κ3) is 8.19. The van der Waals surface area contributed by atoms with Crippen molar-refractivity contribution >= 4 is 5.91 Å². The molecular formula is C29H56N2O. The first kappa shape index (κ1) is 29.2. The highest BCUT2D eigenvalue weighted by molar-refractivity contribution is 5.81. The van der Waals surface area contributed by atoms with E-state index in [0.29, 0.717) is 12.5 Å². The van der Waals surface area contributed by atoms with E-state index in [9.17, 15) is 4.79 Å². The van der Waals surface area contributed by atoms with Crippen molar-refractivity contribution in [3.8, 4) is 0 Å². The Morgan fingerprint density at radius 3 is 1.84 bits per heavy atom. The van der Waals surface area contributed by atoms with Crippen molar-refractivity contribution in [2.24, 2.45) is 10.8 Å². The minimum Gasteiger partial charge on any atom is -0.314 e. The van der Waals surface area contributed by atoms with Gasteiger partial charge in [-0.1, -0.05) is 99.3 Å². The Bertz CT molecular complexity index is 572. The van der Waals surface area contributed by atoms with Crippen LogP contribution in [0.2, 0.25) is 0 Å². The lowest BCUT2D eigenvalue weighted by Gasteiger charge is -2.41. The summed E-state index contributed by atoms with van der Waals surface area (Å²) < 4.78 is 0. The summed E-state index contributed by atoms with van der Waals surface area (Å²) >= 11 is 0. The standard InChI is InChI=1S/C29H56N2O/c1-9-13-16-17-22-28(5,19-12-4)25-18-23-31(26(32)24-30(7)8)27(25)29(6,20-14-10-2)21-15-11-3/h9-24H2,1-8H3. The van der Waals surface area contributed by atoms with Crippen LogP contribution in [0.25, 0.3) is 0 Å². The molecule has 1 amide bonds. The summed E-state index contributed by atoms with van der Waals surface area (Å²) in [4.78, 5) is 17.7. The molecule has 0 radical (unpaired) electrons. The van der Waals surface area contributed by atoms with Gasteiger partial charge in [0.05, 0.1) is 6.54 Å². The van der Waals surface area contributed by atoms with Crippen LogP contribution >= 0.6 is 0 Å². The largest absolute Gasteiger partial charge is 0.314 e. The molecule has 1 atom stereocenters. The van der Waals surface area contributed by atoms with Gasteiger partial charge in [-0.15, -0.1) is 0 Å². The Hall–Kier alpha value is -0.830. The highest BCUT2D eigenvalue weighted by Gasteiger charge is 2.44. The molecule has 0 saturated heterocycles. The minimum atomic E-state index is 0.109. The number of hydrogen-bond donors (Lipinski definition) is 0. The number of carbonyl (C=O) groups excluding carboxylic acids is 1. The average molecular weight is 449 g/mol. The molecule has 0 fully saturated rings.